The molecule has 0 radical (unpaired) electrons. The van der Waals surface area contributed by atoms with Crippen LogP contribution < -0.4 is 0 Å². The summed E-state index contributed by atoms with van der Waals surface area (Å²) in [6.45, 7) is 3.08. The molecule has 0 unspecified atom stereocenters. The molecule has 2 rings (SSSR count). The quantitative estimate of drug-likeness (QED) is 0.835. The van der Waals surface area contributed by atoms with E-state index in [-0.39, 0.29) is 0 Å². The molecule has 0 aliphatic heterocycles. The minimum Gasteiger partial charge on any atom is -0.330 e. The van der Waals surface area contributed by atoms with Gasteiger partial charge in [0.2, 0.25) is 0 Å². The zero-order valence-corrected chi connectivity index (χ0v) is 10.9. The molecule has 0 aliphatic rings. The summed E-state index contributed by atoms with van der Waals surface area (Å²) >= 11 is 3.57. The summed E-state index contributed by atoms with van der Waals surface area (Å²) in [5.41, 5.74) is 2.59. The monoisotopic (exact) mass is 278 g/mol. The normalized spacial score (nSPS) is 10.6. The first-order valence-corrected chi connectivity index (χ1v) is 6.33. The molecule has 0 N–H and O–H groups in total. The molecular weight excluding hydrogens is 264 g/mol. The predicted molar refractivity (Wildman–Crippen MR) is 69.5 cm³/mol. The van der Waals surface area contributed by atoms with Crippen molar-refractivity contribution in [1.82, 2.24) is 9.55 Å². The van der Waals surface area contributed by atoms with Gasteiger partial charge in [-0.05, 0) is 18.1 Å². The lowest BCUT2D eigenvalue weighted by Crippen LogP contribution is -2.03. The fourth-order valence-corrected chi connectivity index (χ4v) is 2.18. The van der Waals surface area contributed by atoms with Crippen molar-refractivity contribution in [2.45, 2.75) is 26.3 Å². The summed E-state index contributed by atoms with van der Waals surface area (Å²) in [5.74, 6) is 0. The molecule has 0 saturated heterocycles. The summed E-state index contributed by atoms with van der Waals surface area (Å²) in [7, 11) is 0. The number of imidazole rings is 1. The van der Waals surface area contributed by atoms with Crippen molar-refractivity contribution in [3.63, 3.8) is 0 Å². The van der Waals surface area contributed by atoms with Crippen LogP contribution in [0.3, 0.4) is 0 Å². The molecule has 0 spiro atoms. The number of nitrogens with zero attached hydrogens (tertiary/aromatic N) is 2. The lowest BCUT2D eigenvalue weighted by Gasteiger charge is -2.08. The summed E-state index contributed by atoms with van der Waals surface area (Å²) in [6, 6.07) is 8.32. The van der Waals surface area contributed by atoms with Crippen molar-refractivity contribution in [1.29, 1.82) is 0 Å². The van der Waals surface area contributed by atoms with Gasteiger partial charge in [0.05, 0.1) is 6.33 Å². The molecule has 0 fully saturated rings. The second kappa shape index (κ2) is 5.30. The largest absolute Gasteiger partial charge is 0.330 e. The Morgan fingerprint density at radius 3 is 2.88 bits per heavy atom. The van der Waals surface area contributed by atoms with Gasteiger partial charge in [-0.15, -0.1) is 0 Å². The molecular formula is C13H15BrN2. The van der Waals surface area contributed by atoms with Crippen LogP contribution in [-0.2, 0) is 13.0 Å². The van der Waals surface area contributed by atoms with Crippen molar-refractivity contribution in [2.24, 2.45) is 0 Å². The van der Waals surface area contributed by atoms with Crippen molar-refractivity contribution in [2.75, 3.05) is 0 Å². The molecule has 0 atom stereocenters. The third-order valence-electron chi connectivity index (χ3n) is 2.60. The smallest absolute Gasteiger partial charge is 0.0951 e. The SMILES string of the molecule is CCCc1cncn1Cc1ccccc1Br. The molecule has 0 bridgehead atoms. The van der Waals surface area contributed by atoms with E-state index in [0.29, 0.717) is 0 Å². The number of benzene rings is 1. The average molecular weight is 279 g/mol. The highest BCUT2D eigenvalue weighted by atomic mass is 79.9. The van der Waals surface area contributed by atoms with Crippen LogP contribution >= 0.6 is 15.9 Å². The molecule has 1 aromatic heterocycles. The number of aromatic nitrogens is 2. The summed E-state index contributed by atoms with van der Waals surface area (Å²) in [6.07, 6.45) is 6.11. The number of hydrogen-bond donors (Lipinski definition) is 0. The lowest BCUT2D eigenvalue weighted by atomic mass is 10.2. The van der Waals surface area contributed by atoms with E-state index in [9.17, 15) is 0 Å². The first-order chi connectivity index (χ1) is 7.81. The number of halogens is 1. The fourth-order valence-electron chi connectivity index (χ4n) is 1.76. The first kappa shape index (κ1) is 11.4. The van der Waals surface area contributed by atoms with E-state index in [1.807, 2.05) is 18.6 Å². The van der Waals surface area contributed by atoms with Gasteiger partial charge < -0.3 is 4.57 Å². The highest BCUT2D eigenvalue weighted by Crippen LogP contribution is 2.18. The van der Waals surface area contributed by atoms with E-state index >= 15 is 0 Å². The summed E-state index contributed by atoms with van der Waals surface area (Å²) in [5, 5.41) is 0. The Hall–Kier alpha value is -1.09. The third kappa shape index (κ3) is 2.53. The number of aryl methyl sites for hydroxylation is 1. The van der Waals surface area contributed by atoms with Crippen LogP contribution in [-0.4, -0.2) is 9.55 Å². The van der Waals surface area contributed by atoms with Gasteiger partial charge >= 0.3 is 0 Å². The van der Waals surface area contributed by atoms with Crippen LogP contribution in [0.1, 0.15) is 24.6 Å². The summed E-state index contributed by atoms with van der Waals surface area (Å²) < 4.78 is 3.37. The maximum absolute atomic E-state index is 4.21. The van der Waals surface area contributed by atoms with Crippen LogP contribution in [0.15, 0.2) is 41.3 Å². The highest BCUT2D eigenvalue weighted by molar-refractivity contribution is 9.10. The van der Waals surface area contributed by atoms with Gasteiger partial charge in [-0.25, -0.2) is 4.98 Å². The standard InChI is InChI=1S/C13H15BrN2/c1-2-5-12-8-15-10-16(12)9-11-6-3-4-7-13(11)14/h3-4,6-8,10H,2,5,9H2,1H3. The molecule has 1 aromatic carbocycles. The van der Waals surface area contributed by atoms with Gasteiger partial charge in [0.25, 0.3) is 0 Å². The Morgan fingerprint density at radius 1 is 1.31 bits per heavy atom. The van der Waals surface area contributed by atoms with E-state index < -0.39 is 0 Å². The average Bonchev–Trinajstić information content (AvgIpc) is 2.70. The minimum atomic E-state index is 0.886. The van der Waals surface area contributed by atoms with E-state index in [1.54, 1.807) is 0 Å². The first-order valence-electron chi connectivity index (χ1n) is 5.53. The van der Waals surface area contributed by atoms with Gasteiger partial charge in [0, 0.05) is 22.9 Å². The maximum Gasteiger partial charge on any atom is 0.0951 e. The molecule has 0 saturated carbocycles. The van der Waals surface area contributed by atoms with Crippen molar-refractivity contribution < 1.29 is 0 Å². The molecule has 16 heavy (non-hydrogen) atoms. The number of rotatable bonds is 4. The molecule has 84 valence electrons. The van der Waals surface area contributed by atoms with Gasteiger partial charge in [-0.3, -0.25) is 0 Å². The van der Waals surface area contributed by atoms with Crippen LogP contribution in [0.2, 0.25) is 0 Å². The molecule has 3 heteroatoms. The molecule has 0 aliphatic carbocycles. The Bertz CT molecular complexity index is 462. The molecule has 0 amide bonds. The van der Waals surface area contributed by atoms with E-state index in [1.165, 1.54) is 11.3 Å². The zero-order valence-electron chi connectivity index (χ0n) is 9.36. The second-order valence-electron chi connectivity index (χ2n) is 3.85. The minimum absolute atomic E-state index is 0.886. The maximum atomic E-state index is 4.21. The van der Waals surface area contributed by atoms with Crippen LogP contribution in [0, 0.1) is 0 Å². The number of hydrogen-bond acceptors (Lipinski definition) is 1. The Labute approximate surface area is 104 Å². The van der Waals surface area contributed by atoms with Crippen LogP contribution in [0.25, 0.3) is 0 Å². The van der Waals surface area contributed by atoms with Crippen molar-refractivity contribution in [3.8, 4) is 0 Å². The van der Waals surface area contributed by atoms with Crippen LogP contribution in [0.4, 0.5) is 0 Å². The predicted octanol–water partition coefficient (Wildman–Crippen LogP) is 3.65. The zero-order chi connectivity index (χ0) is 11.4. The lowest BCUT2D eigenvalue weighted by molar-refractivity contribution is 0.721. The Morgan fingerprint density at radius 2 is 2.12 bits per heavy atom. The molecule has 2 aromatic rings. The topological polar surface area (TPSA) is 17.8 Å². The second-order valence-corrected chi connectivity index (χ2v) is 4.71. The van der Waals surface area contributed by atoms with Crippen LogP contribution in [0.5, 0.6) is 0 Å². The van der Waals surface area contributed by atoms with Crippen molar-refractivity contribution >= 4 is 15.9 Å². The Kier molecular flexibility index (Phi) is 3.78. The fraction of sp³-hybridized carbons (Fsp3) is 0.308. The van der Waals surface area contributed by atoms with E-state index in [2.05, 4.69) is 50.6 Å². The van der Waals surface area contributed by atoms with Crippen molar-refractivity contribution in [3.05, 3.63) is 52.5 Å². The molecule has 2 nitrogen and oxygen atoms in total. The molecule has 1 heterocycles. The van der Waals surface area contributed by atoms with Gasteiger partial charge in [-0.2, -0.15) is 0 Å². The van der Waals surface area contributed by atoms with E-state index in [0.717, 1.165) is 23.9 Å². The van der Waals surface area contributed by atoms with Gasteiger partial charge in [0.1, 0.15) is 0 Å². The van der Waals surface area contributed by atoms with E-state index in [4.69, 9.17) is 0 Å². The third-order valence-corrected chi connectivity index (χ3v) is 3.38. The summed E-state index contributed by atoms with van der Waals surface area (Å²) in [4.78, 5) is 4.21. The Balaban J connectivity index is 2.20. The van der Waals surface area contributed by atoms with Gasteiger partial charge in [0.15, 0.2) is 0 Å². The van der Waals surface area contributed by atoms with Gasteiger partial charge in [-0.1, -0.05) is 47.5 Å². The highest BCUT2D eigenvalue weighted by Gasteiger charge is 2.04.